The average Bonchev–Trinajstić information content (AvgIpc) is 0.811. The molecule has 0 saturated carbocycles. The van der Waals surface area contributed by atoms with Crippen molar-refractivity contribution in [1.82, 2.24) is 0 Å². The summed E-state index contributed by atoms with van der Waals surface area (Å²) in [6.45, 7) is 0. The summed E-state index contributed by atoms with van der Waals surface area (Å²) in [5.41, 5.74) is 0. The molecular formula is CH2CuO3Zn. The Balaban J connectivity index is -0.0000000450. The third-order valence-electron chi connectivity index (χ3n) is 0. The smallest absolute Gasteiger partial charge is 0.450 e. The van der Waals surface area contributed by atoms with Crippen LogP contribution in [-0.2, 0) is 36.5 Å². The minimum atomic E-state index is -1.83. The van der Waals surface area contributed by atoms with Crippen molar-refractivity contribution >= 4 is 6.16 Å². The third kappa shape index (κ3) is 302. The molecule has 37 valence electrons. The molecule has 2 N–H and O–H groups in total. The summed E-state index contributed by atoms with van der Waals surface area (Å²) in [6.07, 6.45) is -1.83. The minimum Gasteiger partial charge on any atom is -0.450 e. The predicted octanol–water partition coefficient (Wildman–Crippen LogP) is 0.217. The zero-order valence-electron chi connectivity index (χ0n) is 2.81. The summed E-state index contributed by atoms with van der Waals surface area (Å²) in [5.74, 6) is 0. The third-order valence-corrected chi connectivity index (χ3v) is 0. The van der Waals surface area contributed by atoms with Gasteiger partial charge in [-0.25, -0.2) is 4.79 Å². The zero-order valence-corrected chi connectivity index (χ0v) is 6.72. The van der Waals surface area contributed by atoms with Gasteiger partial charge in [0.2, 0.25) is 0 Å². The maximum Gasteiger partial charge on any atom is 0.503 e. The van der Waals surface area contributed by atoms with Crippen LogP contribution in [0.4, 0.5) is 4.79 Å². The minimum absolute atomic E-state index is 0. The Kier molecular flexibility index (Phi) is 24.3. The average molecular weight is 191 g/mol. The Bertz CT molecular complexity index is 33.8. The summed E-state index contributed by atoms with van der Waals surface area (Å²) in [5, 5.41) is 13.9. The molecule has 0 aliphatic rings. The Hall–Kier alpha value is 0.413. The van der Waals surface area contributed by atoms with Crippen molar-refractivity contribution in [3.63, 3.8) is 0 Å². The first-order valence-corrected chi connectivity index (χ1v) is 0.651. The molecule has 6 heavy (non-hydrogen) atoms. The number of rotatable bonds is 0. The van der Waals surface area contributed by atoms with Crippen molar-refractivity contribution in [2.75, 3.05) is 0 Å². The van der Waals surface area contributed by atoms with Crippen LogP contribution in [0, 0.1) is 0 Å². The molecule has 0 unspecified atom stereocenters. The van der Waals surface area contributed by atoms with Crippen molar-refractivity contribution in [1.29, 1.82) is 0 Å². The predicted molar refractivity (Wildman–Crippen MR) is 10.7 cm³/mol. The van der Waals surface area contributed by atoms with E-state index in [1.807, 2.05) is 0 Å². The van der Waals surface area contributed by atoms with Gasteiger partial charge in [-0.15, -0.1) is 0 Å². The van der Waals surface area contributed by atoms with E-state index in [1.165, 1.54) is 0 Å². The largest absolute Gasteiger partial charge is 0.503 e. The maximum absolute atomic E-state index is 8.56. The van der Waals surface area contributed by atoms with Gasteiger partial charge in [0.05, 0.1) is 0 Å². The van der Waals surface area contributed by atoms with E-state index in [2.05, 4.69) is 0 Å². The van der Waals surface area contributed by atoms with E-state index in [0.717, 1.165) is 0 Å². The fourth-order valence-electron chi connectivity index (χ4n) is 0. The quantitative estimate of drug-likeness (QED) is 0.538. The molecule has 0 bridgehead atoms. The molecule has 0 amide bonds. The molecule has 0 heterocycles. The number of carbonyl (C=O) groups is 1. The van der Waals surface area contributed by atoms with Crippen molar-refractivity contribution in [2.24, 2.45) is 0 Å². The molecule has 0 aromatic rings. The number of carboxylic acid groups (broad SMARTS) is 2. The molecule has 1 radical (unpaired) electrons. The van der Waals surface area contributed by atoms with Gasteiger partial charge in [0.15, 0.2) is 0 Å². The van der Waals surface area contributed by atoms with Crippen LogP contribution in [-0.4, -0.2) is 16.4 Å². The van der Waals surface area contributed by atoms with Gasteiger partial charge in [-0.2, -0.15) is 0 Å². The normalized spacial score (nSPS) is 4.00. The second-order valence-corrected chi connectivity index (χ2v) is 0.283. The van der Waals surface area contributed by atoms with Crippen LogP contribution in [0.2, 0.25) is 0 Å². The van der Waals surface area contributed by atoms with Gasteiger partial charge in [0, 0.05) is 36.5 Å². The second kappa shape index (κ2) is 9.05. The van der Waals surface area contributed by atoms with Crippen LogP contribution < -0.4 is 0 Å². The van der Waals surface area contributed by atoms with Gasteiger partial charge in [-0.05, 0) is 0 Å². The van der Waals surface area contributed by atoms with E-state index < -0.39 is 6.16 Å². The molecule has 0 rings (SSSR count). The van der Waals surface area contributed by atoms with Crippen LogP contribution in [0.25, 0.3) is 0 Å². The monoisotopic (exact) mass is 189 g/mol. The van der Waals surface area contributed by atoms with Crippen LogP contribution in [0.3, 0.4) is 0 Å². The maximum atomic E-state index is 8.56. The number of hydrogen-bond acceptors (Lipinski definition) is 1. The first-order valence-electron chi connectivity index (χ1n) is 0.651. The molecule has 0 aliphatic carbocycles. The molecule has 0 aliphatic heterocycles. The van der Waals surface area contributed by atoms with Gasteiger partial charge in [-0.3, -0.25) is 0 Å². The van der Waals surface area contributed by atoms with Gasteiger partial charge in [-0.1, -0.05) is 0 Å². The van der Waals surface area contributed by atoms with E-state index in [0.29, 0.717) is 0 Å². The van der Waals surface area contributed by atoms with Crippen LogP contribution in [0.1, 0.15) is 0 Å². The molecule has 0 spiro atoms. The summed E-state index contributed by atoms with van der Waals surface area (Å²) >= 11 is 0. The zero-order chi connectivity index (χ0) is 3.58. The van der Waals surface area contributed by atoms with Crippen molar-refractivity contribution < 1.29 is 51.6 Å². The fourth-order valence-corrected chi connectivity index (χ4v) is 0. The Morgan fingerprint density at radius 2 is 1.33 bits per heavy atom. The molecule has 0 saturated heterocycles. The molecular weight excluding hydrogens is 189 g/mol. The first kappa shape index (κ1) is 16.1. The van der Waals surface area contributed by atoms with Crippen LogP contribution >= 0.6 is 0 Å². The first-order chi connectivity index (χ1) is 1.73. The second-order valence-electron chi connectivity index (χ2n) is 0.283. The molecule has 0 aromatic heterocycles. The van der Waals surface area contributed by atoms with E-state index in [9.17, 15) is 0 Å². The Morgan fingerprint density at radius 1 is 1.33 bits per heavy atom. The molecule has 0 fully saturated rings. The summed E-state index contributed by atoms with van der Waals surface area (Å²) < 4.78 is 0. The van der Waals surface area contributed by atoms with E-state index in [-0.39, 0.29) is 36.5 Å². The molecule has 3 nitrogen and oxygen atoms in total. The Morgan fingerprint density at radius 3 is 1.33 bits per heavy atom. The van der Waals surface area contributed by atoms with E-state index in [1.54, 1.807) is 0 Å². The van der Waals surface area contributed by atoms with Crippen LogP contribution in [0.5, 0.6) is 0 Å². The van der Waals surface area contributed by atoms with Gasteiger partial charge >= 0.3 is 6.16 Å². The van der Waals surface area contributed by atoms with Crippen molar-refractivity contribution in [3.8, 4) is 0 Å². The van der Waals surface area contributed by atoms with Gasteiger partial charge in [0.25, 0.3) is 0 Å². The van der Waals surface area contributed by atoms with E-state index >= 15 is 0 Å². The van der Waals surface area contributed by atoms with Gasteiger partial charge < -0.3 is 10.2 Å². The molecule has 5 heteroatoms. The van der Waals surface area contributed by atoms with E-state index in [4.69, 9.17) is 15.0 Å². The van der Waals surface area contributed by atoms with Crippen LogP contribution in [0.15, 0.2) is 0 Å². The van der Waals surface area contributed by atoms with Crippen molar-refractivity contribution in [3.05, 3.63) is 0 Å². The standard InChI is InChI=1S/CH2O3.Cu.Zn/c2-1(3)4;;/h(H2,2,3,4);;. The summed E-state index contributed by atoms with van der Waals surface area (Å²) in [4.78, 5) is 8.56. The Labute approximate surface area is 58.0 Å². The fraction of sp³-hybridized carbons (Fsp3) is 0. The van der Waals surface area contributed by atoms with Gasteiger partial charge in [0.1, 0.15) is 0 Å². The SMILES string of the molecule is O=C(O)O.[Cu].[Zn]. The number of hydrogen-bond donors (Lipinski definition) is 2. The molecule has 0 atom stereocenters. The van der Waals surface area contributed by atoms with Crippen molar-refractivity contribution in [2.45, 2.75) is 0 Å². The molecule has 0 aromatic carbocycles. The summed E-state index contributed by atoms with van der Waals surface area (Å²) in [7, 11) is 0. The summed E-state index contributed by atoms with van der Waals surface area (Å²) in [6, 6.07) is 0. The topological polar surface area (TPSA) is 57.5 Å².